The number of carbonyl (C=O) groups is 1. The number of halogens is 1. The zero-order valence-corrected chi connectivity index (χ0v) is 24.2. The van der Waals surface area contributed by atoms with Gasteiger partial charge in [0, 0.05) is 55.7 Å². The molecule has 2 fully saturated rings. The van der Waals surface area contributed by atoms with E-state index >= 15 is 4.39 Å². The lowest BCUT2D eigenvalue weighted by Crippen LogP contribution is -2.46. The van der Waals surface area contributed by atoms with Gasteiger partial charge in [0.05, 0.1) is 17.9 Å². The van der Waals surface area contributed by atoms with Crippen LogP contribution in [-0.4, -0.2) is 68.3 Å². The molecule has 2 aliphatic rings. The molecule has 3 N–H and O–H groups in total. The van der Waals surface area contributed by atoms with E-state index in [0.29, 0.717) is 35.8 Å². The van der Waals surface area contributed by atoms with Crippen LogP contribution < -0.4 is 10.5 Å². The number of nitrogen functional groups attached to an aromatic ring is 1. The molecule has 2 aromatic heterocycles. The van der Waals surface area contributed by atoms with Gasteiger partial charge in [0.1, 0.15) is 23.6 Å². The number of amides is 1. The zero-order valence-electron chi connectivity index (χ0n) is 24.2. The number of piperidine rings is 1. The minimum atomic E-state index is -1.44. The van der Waals surface area contributed by atoms with E-state index in [2.05, 4.69) is 15.2 Å². The summed E-state index contributed by atoms with van der Waals surface area (Å²) in [5, 5.41) is 18.1. The normalized spacial score (nSPS) is 20.0. The lowest BCUT2D eigenvalue weighted by Gasteiger charge is -2.39. The second kappa shape index (κ2) is 12.5. The van der Waals surface area contributed by atoms with Gasteiger partial charge in [-0.3, -0.25) is 0 Å². The van der Waals surface area contributed by atoms with Crippen LogP contribution in [0.25, 0.3) is 11.3 Å². The summed E-state index contributed by atoms with van der Waals surface area (Å²) >= 11 is 0. The SMILES string of the molecule is CC(C)(C)OC(=O)N1CCC(O[C@H]2C[C@H](Oc3cc(CC(F)c4cc(-c5ccccc5O)nnc4N)ccn3)C2)CC1. The average Bonchev–Trinajstić information content (AvgIpc) is 2.92. The number of aromatic nitrogens is 3. The van der Waals surface area contributed by atoms with Crippen molar-refractivity contribution < 1.29 is 28.5 Å². The van der Waals surface area contributed by atoms with Crippen LogP contribution in [0, 0.1) is 0 Å². The molecule has 224 valence electrons. The summed E-state index contributed by atoms with van der Waals surface area (Å²) in [4.78, 5) is 18.3. The molecule has 11 heteroatoms. The number of alkyl halides is 1. The Hall–Kier alpha value is -3.99. The van der Waals surface area contributed by atoms with E-state index in [0.717, 1.165) is 25.7 Å². The number of anilines is 1. The molecule has 1 aliphatic carbocycles. The van der Waals surface area contributed by atoms with Crippen LogP contribution in [0.15, 0.2) is 48.7 Å². The smallest absolute Gasteiger partial charge is 0.410 e. The van der Waals surface area contributed by atoms with Crippen LogP contribution in [0.2, 0.25) is 0 Å². The third kappa shape index (κ3) is 7.44. The summed E-state index contributed by atoms with van der Waals surface area (Å²) in [6.45, 7) is 6.84. The van der Waals surface area contributed by atoms with E-state index in [1.165, 1.54) is 12.1 Å². The second-order valence-corrected chi connectivity index (χ2v) is 11.9. The van der Waals surface area contributed by atoms with Gasteiger partial charge in [0.2, 0.25) is 5.88 Å². The van der Waals surface area contributed by atoms with Gasteiger partial charge in [-0.25, -0.2) is 14.2 Å². The molecule has 1 saturated heterocycles. The van der Waals surface area contributed by atoms with Crippen LogP contribution in [-0.2, 0) is 15.9 Å². The molecule has 1 aliphatic heterocycles. The first-order chi connectivity index (χ1) is 20.0. The molecule has 42 heavy (non-hydrogen) atoms. The third-order valence-electron chi connectivity index (χ3n) is 7.40. The van der Waals surface area contributed by atoms with Crippen LogP contribution in [0.4, 0.5) is 15.0 Å². The van der Waals surface area contributed by atoms with Crippen molar-refractivity contribution in [1.29, 1.82) is 0 Å². The number of likely N-dealkylation sites (tertiary alicyclic amines) is 1. The Kier molecular flexibility index (Phi) is 8.77. The molecule has 10 nitrogen and oxygen atoms in total. The number of hydrogen-bond acceptors (Lipinski definition) is 9. The topological polar surface area (TPSA) is 133 Å². The van der Waals surface area contributed by atoms with Crippen molar-refractivity contribution in [3.05, 3.63) is 59.8 Å². The van der Waals surface area contributed by atoms with Crippen molar-refractivity contribution in [2.45, 2.75) is 83.0 Å². The molecular weight excluding hydrogens is 541 g/mol. The van der Waals surface area contributed by atoms with E-state index in [9.17, 15) is 9.90 Å². The van der Waals surface area contributed by atoms with E-state index in [1.54, 1.807) is 41.4 Å². The van der Waals surface area contributed by atoms with Crippen molar-refractivity contribution >= 4 is 11.9 Å². The molecule has 1 aromatic carbocycles. The van der Waals surface area contributed by atoms with Crippen molar-refractivity contribution in [2.75, 3.05) is 18.8 Å². The highest BCUT2D eigenvalue weighted by Crippen LogP contribution is 2.34. The maximum Gasteiger partial charge on any atom is 0.410 e. The first-order valence-electron chi connectivity index (χ1n) is 14.3. The number of pyridine rings is 1. The van der Waals surface area contributed by atoms with Crippen LogP contribution in [0.5, 0.6) is 11.6 Å². The first-order valence-corrected chi connectivity index (χ1v) is 14.3. The molecule has 5 rings (SSSR count). The number of ether oxygens (including phenoxy) is 3. The third-order valence-corrected chi connectivity index (χ3v) is 7.40. The van der Waals surface area contributed by atoms with E-state index in [4.69, 9.17) is 19.9 Å². The summed E-state index contributed by atoms with van der Waals surface area (Å²) < 4.78 is 33.2. The molecule has 0 spiro atoms. The number of phenols is 1. The number of hydrogen-bond donors (Lipinski definition) is 2. The standard InChI is InChI=1S/C31H38FN5O5/c1-31(2,3)42-30(39)37-12-9-20(10-13-37)40-21-16-22(17-21)41-28-15-19(8-11-34-28)14-25(32)24-18-26(35-36-29(24)33)23-6-4-5-7-27(23)38/h4-8,11,15,18,20-22,25,38H,9-10,12-14,16-17H2,1-3H3,(H2,33,36)/t21-,22-,25?. The molecule has 0 bridgehead atoms. The molecule has 0 radical (unpaired) electrons. The molecule has 1 unspecified atom stereocenters. The van der Waals surface area contributed by atoms with Gasteiger partial charge < -0.3 is 30.0 Å². The summed E-state index contributed by atoms with van der Waals surface area (Å²) in [7, 11) is 0. The van der Waals surface area contributed by atoms with Gasteiger partial charge >= 0.3 is 6.09 Å². The number of benzene rings is 1. The largest absolute Gasteiger partial charge is 0.507 e. The Morgan fingerprint density at radius 2 is 1.83 bits per heavy atom. The number of nitrogens with two attached hydrogens (primary N) is 1. The minimum absolute atomic E-state index is 0.00299. The number of phenolic OH excluding ortho intramolecular Hbond substituents is 1. The Morgan fingerprint density at radius 3 is 2.55 bits per heavy atom. The van der Waals surface area contributed by atoms with E-state index < -0.39 is 11.8 Å². The summed E-state index contributed by atoms with van der Waals surface area (Å²) in [6.07, 6.45) is 3.18. The van der Waals surface area contributed by atoms with Gasteiger partial charge in [0.15, 0.2) is 5.82 Å². The van der Waals surface area contributed by atoms with Crippen LogP contribution in [0.1, 0.15) is 63.8 Å². The van der Waals surface area contributed by atoms with Gasteiger partial charge in [-0.05, 0) is 63.4 Å². The van der Waals surface area contributed by atoms with Crippen molar-refractivity contribution in [3.8, 4) is 22.9 Å². The Morgan fingerprint density at radius 1 is 1.10 bits per heavy atom. The van der Waals surface area contributed by atoms with E-state index in [-0.39, 0.29) is 48.0 Å². The Bertz CT molecular complexity index is 1390. The Labute approximate surface area is 245 Å². The average molecular weight is 580 g/mol. The van der Waals surface area contributed by atoms with Crippen molar-refractivity contribution in [3.63, 3.8) is 0 Å². The summed E-state index contributed by atoms with van der Waals surface area (Å²) in [5.41, 5.74) is 7.16. The maximum atomic E-state index is 15.4. The molecule has 3 heterocycles. The fraction of sp³-hybridized carbons (Fsp3) is 0.484. The zero-order chi connectivity index (χ0) is 29.9. The molecular formula is C31H38FN5O5. The quantitative estimate of drug-likeness (QED) is 0.360. The number of carbonyl (C=O) groups excluding carboxylic acids is 1. The fourth-order valence-corrected chi connectivity index (χ4v) is 5.12. The molecule has 1 atom stereocenters. The van der Waals surface area contributed by atoms with E-state index in [1.807, 2.05) is 20.8 Å². The lowest BCUT2D eigenvalue weighted by atomic mass is 9.91. The predicted octanol–water partition coefficient (Wildman–Crippen LogP) is 5.41. The van der Waals surface area contributed by atoms with Gasteiger partial charge in [0.25, 0.3) is 0 Å². The Balaban J connectivity index is 1.09. The van der Waals surface area contributed by atoms with Crippen LogP contribution >= 0.6 is 0 Å². The number of nitrogens with zero attached hydrogens (tertiary/aromatic N) is 4. The monoisotopic (exact) mass is 579 g/mol. The minimum Gasteiger partial charge on any atom is -0.507 e. The van der Waals surface area contributed by atoms with Gasteiger partial charge in [-0.15, -0.1) is 10.2 Å². The molecule has 3 aromatic rings. The molecule has 1 amide bonds. The summed E-state index contributed by atoms with van der Waals surface area (Å²) in [6, 6.07) is 11.7. The number of para-hydroxylation sites is 1. The van der Waals surface area contributed by atoms with Gasteiger partial charge in [-0.1, -0.05) is 12.1 Å². The highest BCUT2D eigenvalue weighted by molar-refractivity contribution is 5.68. The predicted molar refractivity (Wildman–Crippen MR) is 155 cm³/mol. The number of rotatable bonds is 8. The second-order valence-electron chi connectivity index (χ2n) is 11.9. The lowest BCUT2D eigenvalue weighted by molar-refractivity contribution is -0.110. The fourth-order valence-electron chi connectivity index (χ4n) is 5.12. The van der Waals surface area contributed by atoms with Crippen LogP contribution in [0.3, 0.4) is 0 Å². The maximum absolute atomic E-state index is 15.4. The highest BCUT2D eigenvalue weighted by Gasteiger charge is 2.35. The van der Waals surface area contributed by atoms with Crippen molar-refractivity contribution in [1.82, 2.24) is 20.1 Å². The summed E-state index contributed by atoms with van der Waals surface area (Å²) in [5.74, 6) is 0.467. The number of aromatic hydroxyl groups is 1. The van der Waals surface area contributed by atoms with Crippen molar-refractivity contribution in [2.24, 2.45) is 0 Å². The van der Waals surface area contributed by atoms with Gasteiger partial charge in [-0.2, -0.15) is 0 Å². The molecule has 1 saturated carbocycles. The first kappa shape index (κ1) is 29.5. The highest BCUT2D eigenvalue weighted by atomic mass is 19.1.